The Hall–Kier alpha value is -1.66. The van der Waals surface area contributed by atoms with Crippen molar-refractivity contribution in [1.82, 2.24) is 4.98 Å². The van der Waals surface area contributed by atoms with Gasteiger partial charge >= 0.3 is 0 Å². The molecule has 0 aliphatic rings. The topological polar surface area (TPSA) is 69.7 Å². The quantitative estimate of drug-likeness (QED) is 0.627. The number of nitrogens with zero attached hydrogens (tertiary/aromatic N) is 1. The van der Waals surface area contributed by atoms with Crippen molar-refractivity contribution in [3.63, 3.8) is 0 Å². The van der Waals surface area contributed by atoms with E-state index in [1.165, 1.54) is 0 Å². The summed E-state index contributed by atoms with van der Waals surface area (Å²) < 4.78 is 15.9. The third kappa shape index (κ3) is 6.09. The number of amides is 1. The minimum absolute atomic E-state index is 0.157. The molecule has 1 rings (SSSR count). The van der Waals surface area contributed by atoms with E-state index < -0.39 is 5.60 Å². The number of carbonyl (C=O) groups is 1. The fourth-order valence-corrected chi connectivity index (χ4v) is 2.29. The Kier molecular flexibility index (Phi) is 8.71. The summed E-state index contributed by atoms with van der Waals surface area (Å²) in [5.41, 5.74) is 0.654. The molecule has 0 saturated heterocycles. The molecule has 0 aliphatic heterocycles. The summed E-state index contributed by atoms with van der Waals surface area (Å²) in [6.45, 7) is 6.79. The lowest BCUT2D eigenvalue weighted by Gasteiger charge is -2.27. The molecule has 0 aromatic carbocycles. The number of rotatable bonds is 11. The molecule has 0 radical (unpaired) electrons. The minimum Gasteiger partial charge on any atom is -0.475 e. The van der Waals surface area contributed by atoms with Crippen LogP contribution < -0.4 is 10.1 Å². The van der Waals surface area contributed by atoms with Crippen LogP contribution in [-0.4, -0.2) is 43.9 Å². The van der Waals surface area contributed by atoms with Gasteiger partial charge in [-0.2, -0.15) is 0 Å². The Balaban J connectivity index is 2.69. The molecule has 1 amide bonds. The molecule has 6 nitrogen and oxygen atoms in total. The molecule has 6 heteroatoms. The Morgan fingerprint density at radius 2 is 2.04 bits per heavy atom. The highest BCUT2D eigenvalue weighted by molar-refractivity contribution is 5.97. The van der Waals surface area contributed by atoms with Crippen molar-refractivity contribution in [3.05, 3.63) is 17.8 Å². The van der Waals surface area contributed by atoms with Gasteiger partial charge in [0.2, 0.25) is 5.88 Å². The molecule has 1 atom stereocenters. The lowest BCUT2D eigenvalue weighted by atomic mass is 9.97. The average molecular weight is 338 g/mol. The maximum Gasteiger partial charge on any atom is 0.256 e. The second kappa shape index (κ2) is 10.3. The zero-order chi connectivity index (χ0) is 18.0. The van der Waals surface area contributed by atoms with Crippen molar-refractivity contribution in [2.24, 2.45) is 0 Å². The van der Waals surface area contributed by atoms with Gasteiger partial charge in [-0.1, -0.05) is 26.2 Å². The summed E-state index contributed by atoms with van der Waals surface area (Å²) in [5.74, 6) is 0.387. The average Bonchev–Trinajstić information content (AvgIpc) is 2.57. The number of aryl methyl sites for hydroxylation is 1. The van der Waals surface area contributed by atoms with Crippen LogP contribution in [-0.2, 0) is 14.3 Å². The van der Waals surface area contributed by atoms with Gasteiger partial charge in [0.15, 0.2) is 0 Å². The van der Waals surface area contributed by atoms with Crippen LogP contribution in [0.4, 0.5) is 5.69 Å². The van der Waals surface area contributed by atoms with Crippen LogP contribution in [0.3, 0.4) is 0 Å². The molecule has 0 aliphatic carbocycles. The first kappa shape index (κ1) is 20.4. The second-order valence-electron chi connectivity index (χ2n) is 6.03. The maximum absolute atomic E-state index is 12.6. The van der Waals surface area contributed by atoms with Gasteiger partial charge in [-0.15, -0.1) is 0 Å². The number of hydrogen-bond acceptors (Lipinski definition) is 5. The van der Waals surface area contributed by atoms with Gasteiger partial charge in [-0.05, 0) is 26.3 Å². The zero-order valence-corrected chi connectivity index (χ0v) is 15.5. The highest BCUT2D eigenvalue weighted by atomic mass is 16.5. The number of hydrogen-bond donors (Lipinski definition) is 1. The highest BCUT2D eigenvalue weighted by Crippen LogP contribution is 2.23. The second-order valence-corrected chi connectivity index (χ2v) is 6.03. The normalized spacial score (nSPS) is 13.4. The largest absolute Gasteiger partial charge is 0.475 e. The van der Waals surface area contributed by atoms with Gasteiger partial charge in [0.05, 0.1) is 18.5 Å². The standard InChI is InChI=1S/C18H30N2O4/c1-6-7-8-9-18(3,23-5)17(21)20-15-12-14(2)16(19-13-15)24-11-10-22-4/h12-13H,6-11H2,1-5H3,(H,20,21)/t18-/m0/s1. The maximum atomic E-state index is 12.6. The molecular formula is C18H30N2O4. The van der Waals surface area contributed by atoms with Gasteiger partial charge in [-0.3, -0.25) is 4.79 Å². The molecule has 1 N–H and O–H groups in total. The monoisotopic (exact) mass is 338 g/mol. The molecule has 0 spiro atoms. The van der Waals surface area contributed by atoms with E-state index in [0.717, 1.165) is 24.8 Å². The number of ether oxygens (including phenoxy) is 3. The van der Waals surface area contributed by atoms with Crippen LogP contribution in [0.15, 0.2) is 12.3 Å². The lowest BCUT2D eigenvalue weighted by Crippen LogP contribution is -2.42. The summed E-state index contributed by atoms with van der Waals surface area (Å²) >= 11 is 0. The van der Waals surface area contributed by atoms with Crippen molar-refractivity contribution in [3.8, 4) is 5.88 Å². The summed E-state index contributed by atoms with van der Waals surface area (Å²) in [7, 11) is 3.19. The van der Waals surface area contributed by atoms with Crippen LogP contribution in [0.5, 0.6) is 5.88 Å². The van der Waals surface area contributed by atoms with Crippen LogP contribution in [0.1, 0.15) is 45.1 Å². The number of carbonyl (C=O) groups excluding carboxylic acids is 1. The lowest BCUT2D eigenvalue weighted by molar-refractivity contribution is -0.136. The molecule has 0 unspecified atom stereocenters. The molecule has 0 saturated carbocycles. The fraction of sp³-hybridized carbons (Fsp3) is 0.667. The van der Waals surface area contributed by atoms with E-state index in [0.29, 0.717) is 31.2 Å². The third-order valence-corrected chi connectivity index (χ3v) is 4.00. The molecule has 0 bridgehead atoms. The predicted molar refractivity (Wildman–Crippen MR) is 94.5 cm³/mol. The van der Waals surface area contributed by atoms with Crippen molar-refractivity contribution in [2.75, 3.05) is 32.8 Å². The minimum atomic E-state index is -0.837. The molecule has 136 valence electrons. The van der Waals surface area contributed by atoms with E-state index in [9.17, 15) is 4.79 Å². The van der Waals surface area contributed by atoms with Crippen LogP contribution in [0.2, 0.25) is 0 Å². The fourth-order valence-electron chi connectivity index (χ4n) is 2.29. The van der Waals surface area contributed by atoms with E-state index in [1.54, 1.807) is 20.4 Å². The SMILES string of the molecule is CCCCC[C@](C)(OC)C(=O)Nc1cnc(OCCOC)c(C)c1. The van der Waals surface area contributed by atoms with Crippen molar-refractivity contribution in [1.29, 1.82) is 0 Å². The highest BCUT2D eigenvalue weighted by Gasteiger charge is 2.32. The number of methoxy groups -OCH3 is 2. The van der Waals surface area contributed by atoms with Gasteiger partial charge in [0, 0.05) is 19.8 Å². The Bertz CT molecular complexity index is 522. The van der Waals surface area contributed by atoms with Crippen molar-refractivity contribution < 1.29 is 19.0 Å². The number of aromatic nitrogens is 1. The number of nitrogens with one attached hydrogen (secondary N) is 1. The smallest absolute Gasteiger partial charge is 0.256 e. The summed E-state index contributed by atoms with van der Waals surface area (Å²) in [6, 6.07) is 1.84. The van der Waals surface area contributed by atoms with Gasteiger partial charge in [0.1, 0.15) is 12.2 Å². The molecule has 0 fully saturated rings. The zero-order valence-electron chi connectivity index (χ0n) is 15.5. The summed E-state index contributed by atoms with van der Waals surface area (Å²) in [6.07, 6.45) is 5.43. The van der Waals surface area contributed by atoms with E-state index in [1.807, 2.05) is 19.9 Å². The molecular weight excluding hydrogens is 308 g/mol. The van der Waals surface area contributed by atoms with E-state index in [4.69, 9.17) is 14.2 Å². The number of anilines is 1. The van der Waals surface area contributed by atoms with Gasteiger partial charge in [-0.25, -0.2) is 4.98 Å². The predicted octanol–water partition coefficient (Wildman–Crippen LogP) is 3.34. The van der Waals surface area contributed by atoms with Crippen LogP contribution in [0, 0.1) is 6.92 Å². The first-order valence-corrected chi connectivity index (χ1v) is 8.41. The summed E-state index contributed by atoms with van der Waals surface area (Å²) in [4.78, 5) is 16.8. The van der Waals surface area contributed by atoms with Crippen molar-refractivity contribution >= 4 is 11.6 Å². The Morgan fingerprint density at radius 3 is 2.62 bits per heavy atom. The van der Waals surface area contributed by atoms with Crippen molar-refractivity contribution in [2.45, 2.75) is 52.1 Å². The van der Waals surface area contributed by atoms with E-state index >= 15 is 0 Å². The molecule has 1 aromatic heterocycles. The number of unbranched alkanes of at least 4 members (excludes halogenated alkanes) is 2. The summed E-state index contributed by atoms with van der Waals surface area (Å²) in [5, 5.41) is 2.89. The first-order chi connectivity index (χ1) is 11.5. The van der Waals surface area contributed by atoms with E-state index in [2.05, 4.69) is 17.2 Å². The molecule has 24 heavy (non-hydrogen) atoms. The Morgan fingerprint density at radius 1 is 1.29 bits per heavy atom. The van der Waals surface area contributed by atoms with Crippen LogP contribution in [0.25, 0.3) is 0 Å². The van der Waals surface area contributed by atoms with Gasteiger partial charge < -0.3 is 19.5 Å². The molecule has 1 aromatic rings. The van der Waals surface area contributed by atoms with E-state index in [-0.39, 0.29) is 5.91 Å². The van der Waals surface area contributed by atoms with Gasteiger partial charge in [0.25, 0.3) is 5.91 Å². The third-order valence-electron chi connectivity index (χ3n) is 4.00. The Labute approximate surface area is 144 Å². The first-order valence-electron chi connectivity index (χ1n) is 8.41. The van der Waals surface area contributed by atoms with Crippen LogP contribution >= 0.6 is 0 Å². The molecule has 1 heterocycles. The number of pyridine rings is 1.